The zero-order valence-corrected chi connectivity index (χ0v) is 5.52. The van der Waals surface area contributed by atoms with Crippen LogP contribution in [0.25, 0.3) is 0 Å². The average Bonchev–Trinajstić information content (AvgIpc) is 2.17. The maximum Gasteiger partial charge on any atom is 0.306 e. The normalized spacial score (nSPS) is 26.3. The van der Waals surface area contributed by atoms with E-state index < -0.39 is 0 Å². The zero-order chi connectivity index (χ0) is 6.69. The molecule has 1 saturated heterocycles. The van der Waals surface area contributed by atoms with Gasteiger partial charge in [-0.25, -0.2) is 0 Å². The van der Waals surface area contributed by atoms with Gasteiger partial charge in [0.25, 0.3) is 0 Å². The second-order valence-electron chi connectivity index (χ2n) is 2.21. The lowest BCUT2D eigenvalue weighted by molar-refractivity contribution is -0.141. The van der Waals surface area contributed by atoms with Crippen molar-refractivity contribution in [3.05, 3.63) is 0 Å². The number of nitrogens with one attached hydrogen (secondary N) is 1. The molecule has 0 bridgehead atoms. The van der Waals surface area contributed by atoms with E-state index in [1.807, 2.05) is 7.05 Å². The molecule has 0 aromatic heterocycles. The fourth-order valence-corrected chi connectivity index (χ4v) is 0.954. The lowest BCUT2D eigenvalue weighted by atomic mass is 10.2. The minimum absolute atomic E-state index is 0.0600. The van der Waals surface area contributed by atoms with Crippen LogP contribution < -0.4 is 5.32 Å². The first-order valence-corrected chi connectivity index (χ1v) is 3.17. The van der Waals surface area contributed by atoms with Crippen molar-refractivity contribution >= 4 is 5.97 Å². The van der Waals surface area contributed by atoms with Gasteiger partial charge in [0.05, 0.1) is 0 Å². The van der Waals surface area contributed by atoms with Gasteiger partial charge in [-0.2, -0.15) is 0 Å². The quantitative estimate of drug-likeness (QED) is 0.529. The van der Waals surface area contributed by atoms with Crippen LogP contribution in [0.15, 0.2) is 0 Å². The Bertz CT molecular complexity index is 114. The third-order valence-electron chi connectivity index (χ3n) is 1.40. The summed E-state index contributed by atoms with van der Waals surface area (Å²) >= 11 is 0. The summed E-state index contributed by atoms with van der Waals surface area (Å²) in [5.41, 5.74) is 0. The van der Waals surface area contributed by atoms with Crippen molar-refractivity contribution in [3.63, 3.8) is 0 Å². The molecule has 0 radical (unpaired) electrons. The maximum absolute atomic E-state index is 10.5. The van der Waals surface area contributed by atoms with Crippen molar-refractivity contribution in [1.29, 1.82) is 0 Å². The largest absolute Gasteiger partial charge is 0.461 e. The highest BCUT2D eigenvalue weighted by Crippen LogP contribution is 2.11. The van der Waals surface area contributed by atoms with Crippen LogP contribution in [0.5, 0.6) is 0 Å². The molecule has 0 aromatic carbocycles. The Hall–Kier alpha value is -0.570. The average molecular weight is 129 g/mol. The maximum atomic E-state index is 10.5. The lowest BCUT2D eigenvalue weighted by Gasteiger charge is -2.05. The second-order valence-corrected chi connectivity index (χ2v) is 2.21. The van der Waals surface area contributed by atoms with E-state index in [0.717, 1.165) is 13.0 Å². The van der Waals surface area contributed by atoms with Crippen molar-refractivity contribution < 1.29 is 9.53 Å². The Kier molecular flexibility index (Phi) is 2.05. The molecule has 1 atom stereocenters. The van der Waals surface area contributed by atoms with Crippen LogP contribution in [-0.2, 0) is 9.53 Å². The van der Waals surface area contributed by atoms with Crippen molar-refractivity contribution in [2.75, 3.05) is 13.6 Å². The number of hydrogen-bond donors (Lipinski definition) is 1. The van der Waals surface area contributed by atoms with Crippen LogP contribution in [-0.4, -0.2) is 25.7 Å². The summed E-state index contributed by atoms with van der Waals surface area (Å²) in [5.74, 6) is -0.0600. The first-order valence-electron chi connectivity index (χ1n) is 3.17. The van der Waals surface area contributed by atoms with E-state index >= 15 is 0 Å². The third kappa shape index (κ3) is 1.68. The molecule has 1 aliphatic heterocycles. The van der Waals surface area contributed by atoms with Crippen LogP contribution in [0.4, 0.5) is 0 Å². The van der Waals surface area contributed by atoms with Crippen LogP contribution in [0, 0.1) is 0 Å². The van der Waals surface area contributed by atoms with E-state index in [2.05, 4.69) is 5.32 Å². The van der Waals surface area contributed by atoms with Gasteiger partial charge in [-0.3, -0.25) is 4.79 Å². The first-order chi connectivity index (χ1) is 4.33. The van der Waals surface area contributed by atoms with Crippen LogP contribution in [0.2, 0.25) is 0 Å². The number of carbonyl (C=O) groups excluding carboxylic acids is 1. The van der Waals surface area contributed by atoms with Gasteiger partial charge < -0.3 is 10.1 Å². The first kappa shape index (κ1) is 6.55. The Morgan fingerprint density at radius 1 is 1.89 bits per heavy atom. The highest BCUT2D eigenvalue weighted by Gasteiger charge is 2.21. The predicted molar refractivity (Wildman–Crippen MR) is 33.0 cm³/mol. The molecule has 1 heterocycles. The van der Waals surface area contributed by atoms with Gasteiger partial charge >= 0.3 is 5.97 Å². The van der Waals surface area contributed by atoms with E-state index in [4.69, 9.17) is 4.74 Å². The van der Waals surface area contributed by atoms with Gasteiger partial charge in [0.1, 0.15) is 6.10 Å². The van der Waals surface area contributed by atoms with Crippen molar-refractivity contribution in [3.8, 4) is 0 Å². The number of cyclic esters (lactones) is 1. The van der Waals surface area contributed by atoms with Gasteiger partial charge in [-0.15, -0.1) is 0 Å². The third-order valence-corrected chi connectivity index (χ3v) is 1.40. The van der Waals surface area contributed by atoms with Crippen LogP contribution in [0.3, 0.4) is 0 Å². The number of carbonyl (C=O) groups is 1. The molecule has 0 saturated carbocycles. The molecule has 52 valence electrons. The molecule has 1 rings (SSSR count). The van der Waals surface area contributed by atoms with E-state index in [1.165, 1.54) is 0 Å². The molecule has 3 nitrogen and oxygen atoms in total. The molecular formula is C6H11NO2. The fourth-order valence-electron chi connectivity index (χ4n) is 0.954. The molecule has 3 heteroatoms. The number of ether oxygens (including phenoxy) is 1. The highest BCUT2D eigenvalue weighted by molar-refractivity contribution is 5.71. The van der Waals surface area contributed by atoms with E-state index in [-0.39, 0.29) is 12.1 Å². The number of esters is 1. The molecule has 1 aliphatic rings. The summed E-state index contributed by atoms with van der Waals surface area (Å²) in [6.45, 7) is 0.783. The van der Waals surface area contributed by atoms with Gasteiger partial charge in [0.15, 0.2) is 0 Å². The molecule has 9 heavy (non-hydrogen) atoms. The minimum atomic E-state index is -0.0600. The fraction of sp³-hybridized carbons (Fsp3) is 0.833. The number of rotatable bonds is 2. The Morgan fingerprint density at radius 3 is 3.11 bits per heavy atom. The summed E-state index contributed by atoms with van der Waals surface area (Å²) in [5, 5.41) is 2.95. The van der Waals surface area contributed by atoms with Gasteiger partial charge in [0, 0.05) is 13.0 Å². The smallest absolute Gasteiger partial charge is 0.306 e. The zero-order valence-electron chi connectivity index (χ0n) is 5.52. The minimum Gasteiger partial charge on any atom is -0.461 e. The van der Waals surface area contributed by atoms with Crippen molar-refractivity contribution in [2.24, 2.45) is 0 Å². The molecule has 0 aromatic rings. The number of hydrogen-bond acceptors (Lipinski definition) is 3. The van der Waals surface area contributed by atoms with Crippen LogP contribution >= 0.6 is 0 Å². The van der Waals surface area contributed by atoms with E-state index in [0.29, 0.717) is 6.42 Å². The molecule has 0 aliphatic carbocycles. The summed E-state index contributed by atoms with van der Waals surface area (Å²) in [6, 6.07) is 0. The van der Waals surface area contributed by atoms with E-state index in [1.54, 1.807) is 0 Å². The SMILES string of the molecule is CNCC1CCC(=O)O1. The van der Waals surface area contributed by atoms with Gasteiger partial charge in [0.2, 0.25) is 0 Å². The molecule has 0 amide bonds. The topological polar surface area (TPSA) is 38.3 Å². The lowest BCUT2D eigenvalue weighted by Crippen LogP contribution is -2.22. The Morgan fingerprint density at radius 2 is 2.67 bits per heavy atom. The molecular weight excluding hydrogens is 118 g/mol. The standard InChI is InChI=1S/C6H11NO2/c1-7-4-5-2-3-6(8)9-5/h5,7H,2-4H2,1H3. The summed E-state index contributed by atoms with van der Waals surface area (Å²) < 4.78 is 4.90. The second kappa shape index (κ2) is 2.82. The summed E-state index contributed by atoms with van der Waals surface area (Å²) in [4.78, 5) is 10.5. The molecule has 1 fully saturated rings. The van der Waals surface area contributed by atoms with Gasteiger partial charge in [-0.05, 0) is 13.5 Å². The predicted octanol–water partition coefficient (Wildman–Crippen LogP) is -0.0886. The highest BCUT2D eigenvalue weighted by atomic mass is 16.5. The van der Waals surface area contributed by atoms with Gasteiger partial charge in [-0.1, -0.05) is 0 Å². The monoisotopic (exact) mass is 129 g/mol. The molecule has 1 N–H and O–H groups in total. The van der Waals surface area contributed by atoms with Crippen LogP contribution in [0.1, 0.15) is 12.8 Å². The summed E-state index contributed by atoms with van der Waals surface area (Å²) in [7, 11) is 1.85. The Balaban J connectivity index is 2.22. The molecule has 0 spiro atoms. The van der Waals surface area contributed by atoms with Crippen molar-refractivity contribution in [1.82, 2.24) is 5.32 Å². The van der Waals surface area contributed by atoms with Crippen molar-refractivity contribution in [2.45, 2.75) is 18.9 Å². The number of likely N-dealkylation sites (N-methyl/N-ethyl adjacent to an activating group) is 1. The van der Waals surface area contributed by atoms with E-state index in [9.17, 15) is 4.79 Å². The summed E-state index contributed by atoms with van der Waals surface area (Å²) in [6.07, 6.45) is 1.59. The molecule has 1 unspecified atom stereocenters. The Labute approximate surface area is 54.4 Å².